The van der Waals surface area contributed by atoms with Crippen molar-refractivity contribution in [1.29, 1.82) is 0 Å². The Kier molecular flexibility index (Phi) is 7.99. The lowest BCUT2D eigenvalue weighted by atomic mass is 9.88. The molecule has 1 aliphatic heterocycles. The minimum absolute atomic E-state index is 0.0356. The standard InChI is InChI=1S/C34H46N6O4/c1-19(2)40-28(13-15-35-40)32(42)38-30(29(20-3-4-20)21-5-6-21)33(43)36-24-10-11-26-23(17-24)9-12-27(26)37-34(44)31(22-7-8-22)39-16-14-25(41)18-39/h10-11,13,15,17,19-22,25,27,29-31,41H,3-9,12,14,16,18H2,1-2H3,(H,36,43)(H,37,44)(H,38,42)/t25-,27-,30+,31?/m1/s1. The van der Waals surface area contributed by atoms with Crippen molar-refractivity contribution >= 4 is 23.4 Å². The van der Waals surface area contributed by atoms with E-state index in [0.717, 1.165) is 81.1 Å². The number of nitrogens with zero attached hydrogens (tertiary/aromatic N) is 3. The first-order valence-corrected chi connectivity index (χ1v) is 16.8. The van der Waals surface area contributed by atoms with Crippen molar-refractivity contribution in [2.45, 2.75) is 102 Å². The molecule has 1 aromatic heterocycles. The molecule has 10 nitrogen and oxygen atoms in total. The van der Waals surface area contributed by atoms with E-state index in [-0.39, 0.29) is 47.9 Å². The number of likely N-dealkylation sites (tertiary alicyclic amines) is 1. The van der Waals surface area contributed by atoms with Crippen LogP contribution in [0.4, 0.5) is 5.69 Å². The third-order valence-corrected chi connectivity index (χ3v) is 10.4. The number of β-amino-alcohol motifs (C(OH)–C–C–N with tert-alkyl or cyclic N) is 1. The van der Waals surface area contributed by atoms with Crippen molar-refractivity contribution in [3.8, 4) is 0 Å². The number of hydrogen-bond acceptors (Lipinski definition) is 6. The summed E-state index contributed by atoms with van der Waals surface area (Å²) in [5.41, 5.74) is 3.43. The van der Waals surface area contributed by atoms with Crippen molar-refractivity contribution in [3.05, 3.63) is 47.3 Å². The lowest BCUT2D eigenvalue weighted by molar-refractivity contribution is -0.127. The molecule has 2 heterocycles. The molecular formula is C34H46N6O4. The molecule has 1 unspecified atom stereocenters. The zero-order valence-corrected chi connectivity index (χ0v) is 25.9. The average Bonchev–Trinajstić information content (AvgIpc) is 3.95. The number of benzene rings is 1. The zero-order valence-electron chi connectivity index (χ0n) is 25.9. The van der Waals surface area contributed by atoms with Crippen LogP contribution in [0.15, 0.2) is 30.5 Å². The van der Waals surface area contributed by atoms with Gasteiger partial charge in [0.25, 0.3) is 5.91 Å². The van der Waals surface area contributed by atoms with E-state index in [1.807, 2.05) is 32.0 Å². The number of aliphatic hydroxyl groups excluding tert-OH is 1. The van der Waals surface area contributed by atoms with Crippen LogP contribution in [0.25, 0.3) is 0 Å². The molecule has 4 aliphatic carbocycles. The minimum Gasteiger partial charge on any atom is -0.392 e. The van der Waals surface area contributed by atoms with Crippen molar-refractivity contribution < 1.29 is 19.5 Å². The molecule has 3 amide bonds. The first-order chi connectivity index (χ1) is 21.3. The van der Waals surface area contributed by atoms with Crippen LogP contribution < -0.4 is 16.0 Å². The van der Waals surface area contributed by atoms with Crippen LogP contribution in [0.5, 0.6) is 0 Å². The average molecular weight is 603 g/mol. The summed E-state index contributed by atoms with van der Waals surface area (Å²) in [5.74, 6) is 1.11. The molecule has 0 bridgehead atoms. The van der Waals surface area contributed by atoms with Crippen LogP contribution in [0.2, 0.25) is 0 Å². The number of aliphatic hydroxyl groups is 1. The second-order valence-electron chi connectivity index (χ2n) is 14.2. The van der Waals surface area contributed by atoms with Crippen molar-refractivity contribution in [3.63, 3.8) is 0 Å². The molecule has 236 valence electrons. The number of fused-ring (bicyclic) bond motifs is 1. The predicted molar refractivity (Wildman–Crippen MR) is 166 cm³/mol. The monoisotopic (exact) mass is 602 g/mol. The third-order valence-electron chi connectivity index (χ3n) is 10.4. The van der Waals surface area contributed by atoms with Gasteiger partial charge in [-0.1, -0.05) is 6.07 Å². The first-order valence-electron chi connectivity index (χ1n) is 16.8. The van der Waals surface area contributed by atoms with E-state index in [9.17, 15) is 19.5 Å². The highest BCUT2D eigenvalue weighted by molar-refractivity contribution is 6.01. The number of rotatable bonds is 12. The fourth-order valence-electron chi connectivity index (χ4n) is 7.78. The van der Waals surface area contributed by atoms with Crippen LogP contribution in [0.3, 0.4) is 0 Å². The van der Waals surface area contributed by atoms with Gasteiger partial charge in [0.1, 0.15) is 11.7 Å². The van der Waals surface area contributed by atoms with Gasteiger partial charge in [-0.3, -0.25) is 24.0 Å². The summed E-state index contributed by atoms with van der Waals surface area (Å²) in [5, 5.41) is 24.0. The molecule has 4 N–H and O–H groups in total. The number of amides is 3. The Morgan fingerprint density at radius 2 is 1.66 bits per heavy atom. The third kappa shape index (κ3) is 6.15. The number of aromatic nitrogens is 2. The largest absolute Gasteiger partial charge is 0.392 e. The van der Waals surface area contributed by atoms with Crippen molar-refractivity contribution in [2.24, 2.45) is 23.7 Å². The number of nitrogens with one attached hydrogen (secondary N) is 3. The molecule has 3 saturated carbocycles. The predicted octanol–water partition coefficient (Wildman–Crippen LogP) is 3.59. The SMILES string of the molecule is CC(C)n1nccc1C(=O)N[C@H](C(=O)Nc1ccc2c(c1)CC[C@H]2NC(=O)C(C1CC1)N1CC[C@@H](O)C1)C(C1CC1)C1CC1. The number of aryl methyl sites for hydroxylation is 1. The van der Waals surface area contributed by atoms with Crippen LogP contribution in [-0.2, 0) is 16.0 Å². The number of carbonyl (C=O) groups is 3. The quantitative estimate of drug-likeness (QED) is 0.294. The van der Waals surface area contributed by atoms with Crippen LogP contribution in [-0.4, -0.2) is 68.8 Å². The fraction of sp³-hybridized carbons (Fsp3) is 0.647. The van der Waals surface area contributed by atoms with E-state index in [2.05, 4.69) is 25.9 Å². The van der Waals surface area contributed by atoms with Gasteiger partial charge in [-0.05, 0) is 125 Å². The maximum absolute atomic E-state index is 13.9. The molecule has 2 aromatic rings. The molecule has 1 aromatic carbocycles. The highest BCUT2D eigenvalue weighted by atomic mass is 16.3. The Balaban J connectivity index is 1.04. The molecule has 1 saturated heterocycles. The van der Waals surface area contributed by atoms with Gasteiger partial charge in [0, 0.05) is 31.0 Å². The highest BCUT2D eigenvalue weighted by Crippen LogP contribution is 2.51. The lowest BCUT2D eigenvalue weighted by Gasteiger charge is -2.28. The van der Waals surface area contributed by atoms with Gasteiger partial charge in [-0.15, -0.1) is 0 Å². The Morgan fingerprint density at radius 3 is 2.30 bits per heavy atom. The number of anilines is 1. The van der Waals surface area contributed by atoms with E-state index in [0.29, 0.717) is 30.0 Å². The molecule has 0 spiro atoms. The fourth-order valence-corrected chi connectivity index (χ4v) is 7.78. The van der Waals surface area contributed by atoms with Gasteiger partial charge in [-0.2, -0.15) is 5.10 Å². The molecule has 0 radical (unpaired) electrons. The van der Waals surface area contributed by atoms with Gasteiger partial charge < -0.3 is 21.1 Å². The van der Waals surface area contributed by atoms with Gasteiger partial charge in [0.2, 0.25) is 11.8 Å². The summed E-state index contributed by atoms with van der Waals surface area (Å²) < 4.78 is 1.70. The highest BCUT2D eigenvalue weighted by Gasteiger charge is 2.48. The Bertz CT molecular complexity index is 1400. The van der Waals surface area contributed by atoms with Crippen LogP contribution >= 0.6 is 0 Å². The number of hydrogen-bond donors (Lipinski definition) is 4. The lowest BCUT2D eigenvalue weighted by Crippen LogP contribution is -2.50. The van der Waals surface area contributed by atoms with E-state index in [4.69, 9.17) is 0 Å². The zero-order chi connectivity index (χ0) is 30.5. The van der Waals surface area contributed by atoms with E-state index in [1.165, 1.54) is 0 Å². The van der Waals surface area contributed by atoms with Crippen LogP contribution in [0.1, 0.15) is 98.9 Å². The molecule has 10 heteroatoms. The Hall–Kier alpha value is -3.24. The summed E-state index contributed by atoms with van der Waals surface area (Å²) in [6.45, 7) is 5.31. The summed E-state index contributed by atoms with van der Waals surface area (Å²) in [4.78, 5) is 43.0. The normalized spacial score (nSPS) is 24.8. The maximum Gasteiger partial charge on any atom is 0.270 e. The second-order valence-corrected chi connectivity index (χ2v) is 14.2. The van der Waals surface area contributed by atoms with Crippen molar-refractivity contribution in [2.75, 3.05) is 18.4 Å². The summed E-state index contributed by atoms with van der Waals surface area (Å²) in [6.07, 6.45) is 10.2. The van der Waals surface area contributed by atoms with Crippen molar-refractivity contribution in [1.82, 2.24) is 25.3 Å². The van der Waals surface area contributed by atoms with Gasteiger partial charge in [-0.25, -0.2) is 0 Å². The van der Waals surface area contributed by atoms with Crippen LogP contribution in [0, 0.1) is 23.7 Å². The molecular weight excluding hydrogens is 556 g/mol. The van der Waals surface area contributed by atoms with Gasteiger partial charge in [0.05, 0.1) is 18.2 Å². The van der Waals surface area contributed by atoms with Gasteiger partial charge in [0.15, 0.2) is 0 Å². The Labute approximate surface area is 259 Å². The van der Waals surface area contributed by atoms with E-state index >= 15 is 0 Å². The number of carbonyl (C=O) groups excluding carboxylic acids is 3. The molecule has 5 aliphatic rings. The second kappa shape index (κ2) is 11.9. The summed E-state index contributed by atoms with van der Waals surface area (Å²) >= 11 is 0. The topological polar surface area (TPSA) is 129 Å². The molecule has 4 fully saturated rings. The maximum atomic E-state index is 13.9. The molecule has 4 atom stereocenters. The Morgan fingerprint density at radius 1 is 0.932 bits per heavy atom. The van der Waals surface area contributed by atoms with Gasteiger partial charge >= 0.3 is 0 Å². The summed E-state index contributed by atoms with van der Waals surface area (Å²) in [6, 6.07) is 6.91. The smallest absolute Gasteiger partial charge is 0.270 e. The van der Waals surface area contributed by atoms with E-state index in [1.54, 1.807) is 16.9 Å². The first kappa shape index (κ1) is 29.5. The molecule has 44 heavy (non-hydrogen) atoms. The molecule has 7 rings (SSSR count). The summed E-state index contributed by atoms with van der Waals surface area (Å²) in [7, 11) is 0. The minimum atomic E-state index is -0.609. The van der Waals surface area contributed by atoms with E-state index < -0.39 is 6.04 Å².